The smallest absolute Gasteiger partial charge is 0.292 e. The predicted octanol–water partition coefficient (Wildman–Crippen LogP) is 0.575. The van der Waals surface area contributed by atoms with Crippen molar-refractivity contribution in [3.63, 3.8) is 0 Å². The summed E-state index contributed by atoms with van der Waals surface area (Å²) < 4.78 is 24.2. The second-order valence-electron chi connectivity index (χ2n) is 0.904. The van der Waals surface area contributed by atoms with Gasteiger partial charge in [-0.1, -0.05) is 0 Å². The van der Waals surface area contributed by atoms with Crippen LogP contribution in [0.3, 0.4) is 0 Å². The van der Waals surface area contributed by atoms with Crippen LogP contribution in [-0.4, -0.2) is 15.2 Å². The van der Waals surface area contributed by atoms with E-state index in [-0.39, 0.29) is 0 Å². The summed E-state index contributed by atoms with van der Waals surface area (Å²) in [5.74, 6) is 0. The zero-order valence-electron chi connectivity index (χ0n) is 3.86. The Morgan fingerprint density at radius 3 is 2.33 bits per heavy atom. The van der Waals surface area contributed by atoms with E-state index in [4.69, 9.17) is 9.79 Å². The highest BCUT2D eigenvalue weighted by Crippen LogP contribution is 2.36. The van der Waals surface area contributed by atoms with E-state index in [1.807, 2.05) is 0 Å². The molecule has 54 valence electrons. The molecule has 2 N–H and O–H groups in total. The Labute approximate surface area is 54.3 Å². The van der Waals surface area contributed by atoms with Gasteiger partial charge in [0.1, 0.15) is 0 Å². The van der Waals surface area contributed by atoms with E-state index < -0.39 is 13.2 Å². The molecule has 0 radical (unpaired) electrons. The van der Waals surface area contributed by atoms with E-state index in [2.05, 4.69) is 21.4 Å². The third-order valence-electron chi connectivity index (χ3n) is 0.216. The molecule has 0 heterocycles. The summed E-state index contributed by atoms with van der Waals surface area (Å²) in [4.78, 5) is 15.6. The first-order chi connectivity index (χ1) is 3.92. The summed E-state index contributed by atoms with van der Waals surface area (Å²) in [6.07, 6.45) is 0. The number of oxime groups is 1. The van der Waals surface area contributed by atoms with Crippen molar-refractivity contribution in [3.05, 3.63) is 0 Å². The number of hydrogen-bond acceptors (Lipinski definition) is 3. The fourth-order valence-corrected chi connectivity index (χ4v) is 0.345. The molecule has 0 spiro atoms. The van der Waals surface area contributed by atoms with Gasteiger partial charge >= 0.3 is 13.2 Å². The summed E-state index contributed by atoms with van der Waals surface area (Å²) in [6, 6.07) is 0. The lowest BCUT2D eigenvalue weighted by Gasteiger charge is -1.95. The highest BCUT2D eigenvalue weighted by atomic mass is 35.5. The van der Waals surface area contributed by atoms with Gasteiger partial charge in [-0.25, -0.2) is 4.57 Å². The molecule has 0 aliphatic heterocycles. The first-order valence-electron chi connectivity index (χ1n) is 1.55. The maximum absolute atomic E-state index is 11.3. The van der Waals surface area contributed by atoms with Gasteiger partial charge in [-0.3, -0.25) is 14.4 Å². The largest absolute Gasteiger partial charge is 0.545 e. The van der Waals surface area contributed by atoms with Crippen LogP contribution in [0.4, 0.5) is 4.39 Å². The van der Waals surface area contributed by atoms with Crippen molar-refractivity contribution in [2.75, 3.05) is 0 Å². The molecule has 0 aromatic rings. The van der Waals surface area contributed by atoms with Crippen LogP contribution in [-0.2, 0) is 9.19 Å². The van der Waals surface area contributed by atoms with Crippen LogP contribution in [0.5, 0.6) is 0 Å². The van der Waals surface area contributed by atoms with Gasteiger partial charge in [0, 0.05) is 0 Å². The molecule has 5 nitrogen and oxygen atoms in total. The van der Waals surface area contributed by atoms with Crippen molar-refractivity contribution >= 4 is 24.8 Å². The van der Waals surface area contributed by atoms with Crippen molar-refractivity contribution < 1.29 is 23.4 Å². The van der Waals surface area contributed by atoms with Gasteiger partial charge in [0.25, 0.3) is 0 Å². The fraction of sp³-hybridized carbons (Fsp3) is 0. The Balaban J connectivity index is 3.79. The second kappa shape index (κ2) is 3.12. The van der Waals surface area contributed by atoms with Crippen molar-refractivity contribution in [3.8, 4) is 0 Å². The number of phosphoric acid groups is 1. The van der Waals surface area contributed by atoms with E-state index in [0.717, 1.165) is 0 Å². The molecule has 0 aliphatic rings. The van der Waals surface area contributed by atoms with Crippen LogP contribution in [0.1, 0.15) is 0 Å². The maximum Gasteiger partial charge on any atom is 0.545 e. The predicted molar refractivity (Wildman–Crippen MR) is 27.5 cm³/mol. The van der Waals surface area contributed by atoms with Gasteiger partial charge < -0.3 is 0 Å². The normalized spacial score (nSPS) is 13.6. The monoisotopic (exact) mass is 177 g/mol. The highest BCUT2D eigenvalue weighted by Gasteiger charge is 2.14. The first kappa shape index (κ1) is 8.84. The minimum Gasteiger partial charge on any atom is -0.292 e. The molecular weight excluding hydrogens is 175 g/mol. The molecule has 0 saturated heterocycles. The lowest BCUT2D eigenvalue weighted by molar-refractivity contribution is 0.203. The van der Waals surface area contributed by atoms with Gasteiger partial charge in [0.2, 0.25) is 0 Å². The van der Waals surface area contributed by atoms with E-state index in [1.54, 1.807) is 0 Å². The summed E-state index contributed by atoms with van der Waals surface area (Å²) in [6.45, 7) is 0. The molecule has 0 aliphatic carbocycles. The van der Waals surface area contributed by atoms with Crippen molar-refractivity contribution in [1.29, 1.82) is 0 Å². The third kappa shape index (κ3) is 7.84. The molecule has 9 heavy (non-hydrogen) atoms. The van der Waals surface area contributed by atoms with E-state index >= 15 is 0 Å². The molecule has 0 bridgehead atoms. The summed E-state index contributed by atoms with van der Waals surface area (Å²) in [5.41, 5.74) is -1.57. The second-order valence-corrected chi connectivity index (χ2v) is 2.36. The third-order valence-corrected chi connectivity index (χ3v) is 0.580. The SMILES string of the molecule is O=P(O)(O)O/N=C(\F)Cl. The molecule has 0 atom stereocenters. The van der Waals surface area contributed by atoms with Gasteiger partial charge in [-0.15, -0.1) is 0 Å². The van der Waals surface area contributed by atoms with E-state index in [9.17, 15) is 8.96 Å². The van der Waals surface area contributed by atoms with Crippen LogP contribution >= 0.6 is 19.4 Å². The molecule has 0 aromatic heterocycles. The lowest BCUT2D eigenvalue weighted by Crippen LogP contribution is -1.81. The quantitative estimate of drug-likeness (QED) is 0.367. The number of nitrogens with zero attached hydrogens (tertiary/aromatic N) is 1. The molecule has 0 rings (SSSR count). The van der Waals surface area contributed by atoms with Crippen molar-refractivity contribution in [2.45, 2.75) is 0 Å². The van der Waals surface area contributed by atoms with Gasteiger partial charge in [0.05, 0.1) is 0 Å². The molecule has 0 amide bonds. The molecule has 0 fully saturated rings. The average molecular weight is 177 g/mol. The van der Waals surface area contributed by atoms with Crippen LogP contribution in [0.15, 0.2) is 5.16 Å². The number of rotatable bonds is 2. The summed E-state index contributed by atoms with van der Waals surface area (Å²) in [5, 5.41) is 2.15. The minimum absolute atomic E-state index is 1.57. The highest BCUT2D eigenvalue weighted by molar-refractivity contribution is 7.46. The Hall–Kier alpha value is -0.160. The van der Waals surface area contributed by atoms with E-state index in [1.165, 1.54) is 0 Å². The topological polar surface area (TPSA) is 79.1 Å². The minimum atomic E-state index is -4.73. The maximum atomic E-state index is 11.3. The van der Waals surface area contributed by atoms with Gasteiger partial charge in [0.15, 0.2) is 0 Å². The van der Waals surface area contributed by atoms with Crippen LogP contribution in [0.25, 0.3) is 0 Å². The Kier molecular flexibility index (Phi) is 3.07. The zero-order valence-corrected chi connectivity index (χ0v) is 5.51. The molecular formula is CH2ClFNO4P. The standard InChI is InChI=1S/CH2ClFNO4P/c2-1(3)4-8-9(5,6)7/h(H2,5,6,7)/b4-1-. The average Bonchev–Trinajstić information content (AvgIpc) is 1.59. The van der Waals surface area contributed by atoms with Crippen LogP contribution in [0.2, 0.25) is 0 Å². The van der Waals surface area contributed by atoms with Gasteiger partial charge in [-0.05, 0) is 16.8 Å². The summed E-state index contributed by atoms with van der Waals surface area (Å²) in [7, 11) is -4.73. The van der Waals surface area contributed by atoms with Crippen LogP contribution < -0.4 is 0 Å². The van der Waals surface area contributed by atoms with Crippen LogP contribution in [0, 0.1) is 0 Å². The van der Waals surface area contributed by atoms with Gasteiger partial charge in [-0.2, -0.15) is 4.39 Å². The number of hydrogen-bond donors (Lipinski definition) is 2. The molecule has 0 unspecified atom stereocenters. The fourth-order valence-electron chi connectivity index (χ4n) is 0.0840. The molecule has 8 heteroatoms. The Bertz CT molecular complexity index is 160. The molecule has 0 saturated carbocycles. The summed E-state index contributed by atoms with van der Waals surface area (Å²) >= 11 is 4.40. The van der Waals surface area contributed by atoms with Crippen molar-refractivity contribution in [2.24, 2.45) is 5.16 Å². The number of halogens is 2. The lowest BCUT2D eigenvalue weighted by atomic mass is 11.6. The van der Waals surface area contributed by atoms with E-state index in [0.29, 0.717) is 0 Å². The Morgan fingerprint density at radius 1 is 1.78 bits per heavy atom. The first-order valence-corrected chi connectivity index (χ1v) is 3.46. The zero-order chi connectivity index (χ0) is 7.49. The molecule has 0 aromatic carbocycles. The Morgan fingerprint density at radius 2 is 2.22 bits per heavy atom. The van der Waals surface area contributed by atoms with Crippen molar-refractivity contribution in [1.82, 2.24) is 0 Å².